The molecule has 0 spiro atoms. The Morgan fingerprint density at radius 2 is 1.59 bits per heavy atom. The van der Waals surface area contributed by atoms with E-state index in [2.05, 4.69) is 13.5 Å². The molecule has 0 N–H and O–H groups in total. The monoisotopic (exact) mass is 306 g/mol. The van der Waals surface area contributed by atoms with E-state index in [-0.39, 0.29) is 11.9 Å². The van der Waals surface area contributed by atoms with Crippen LogP contribution in [0.4, 0.5) is 0 Å². The van der Waals surface area contributed by atoms with Crippen molar-refractivity contribution >= 4 is 5.97 Å². The van der Waals surface area contributed by atoms with Gasteiger partial charge in [0.25, 0.3) is 0 Å². The average Bonchev–Trinajstić information content (AvgIpc) is 2.56. The Bertz CT molecular complexity index is 334. The second-order valence-corrected chi connectivity index (χ2v) is 7.49. The zero-order chi connectivity index (χ0) is 15.8. The lowest BCUT2D eigenvalue weighted by Gasteiger charge is -2.37. The molecule has 0 heterocycles. The highest BCUT2D eigenvalue weighted by Crippen LogP contribution is 2.42. The van der Waals surface area contributed by atoms with Crippen LogP contribution in [0.15, 0.2) is 12.8 Å². The van der Waals surface area contributed by atoms with Gasteiger partial charge < -0.3 is 4.74 Å². The summed E-state index contributed by atoms with van der Waals surface area (Å²) in [6, 6.07) is 0. The third-order valence-electron chi connectivity index (χ3n) is 6.08. The fraction of sp³-hybridized carbons (Fsp3) is 0.850. The molecule has 126 valence electrons. The quantitative estimate of drug-likeness (QED) is 0.334. The molecule has 2 saturated carbocycles. The lowest BCUT2D eigenvalue weighted by molar-refractivity contribution is -0.144. The molecule has 22 heavy (non-hydrogen) atoms. The topological polar surface area (TPSA) is 26.3 Å². The molecule has 0 saturated heterocycles. The summed E-state index contributed by atoms with van der Waals surface area (Å²) >= 11 is 0. The van der Waals surface area contributed by atoms with E-state index in [1.807, 2.05) is 0 Å². The van der Waals surface area contributed by atoms with E-state index in [4.69, 9.17) is 4.74 Å². The van der Waals surface area contributed by atoms with Crippen molar-refractivity contribution in [3.63, 3.8) is 0 Å². The first-order valence-corrected chi connectivity index (χ1v) is 9.56. The summed E-state index contributed by atoms with van der Waals surface area (Å²) in [7, 11) is 0. The van der Waals surface area contributed by atoms with Crippen LogP contribution >= 0.6 is 0 Å². The minimum Gasteiger partial charge on any atom is -0.435 e. The van der Waals surface area contributed by atoms with Gasteiger partial charge in [0.15, 0.2) is 0 Å². The number of hydrogen-bond donors (Lipinski definition) is 0. The second kappa shape index (κ2) is 9.37. The predicted octanol–water partition coefficient (Wildman–Crippen LogP) is 5.87. The van der Waals surface area contributed by atoms with Crippen LogP contribution in [0.5, 0.6) is 0 Å². The van der Waals surface area contributed by atoms with E-state index in [1.54, 1.807) is 0 Å². The van der Waals surface area contributed by atoms with E-state index in [1.165, 1.54) is 70.5 Å². The molecule has 0 atom stereocenters. The van der Waals surface area contributed by atoms with E-state index < -0.39 is 0 Å². The lowest BCUT2D eigenvalue weighted by Crippen LogP contribution is -2.28. The zero-order valence-electron chi connectivity index (χ0n) is 14.4. The van der Waals surface area contributed by atoms with E-state index in [0.29, 0.717) is 0 Å². The number of hydrogen-bond acceptors (Lipinski definition) is 2. The standard InChI is InChI=1S/C20H34O2/c1-3-5-6-7-16-8-10-17(11-9-16)18-12-14-19(15-13-18)20(21)22-4-2/h4,16-19H,2-3,5-15H2,1H3. The minimum absolute atomic E-state index is 0.0620. The number of carbonyl (C=O) groups excluding carboxylic acids is 1. The first-order valence-electron chi connectivity index (χ1n) is 9.56. The fourth-order valence-electron chi connectivity index (χ4n) is 4.64. The SMILES string of the molecule is C=COC(=O)C1CCC(C2CCC(CCCCC)CC2)CC1. The number of esters is 1. The van der Waals surface area contributed by atoms with E-state index >= 15 is 0 Å². The first-order chi connectivity index (χ1) is 10.7. The largest absolute Gasteiger partial charge is 0.435 e. The summed E-state index contributed by atoms with van der Waals surface area (Å²) in [5.74, 6) is 2.86. The first kappa shape index (κ1) is 17.6. The van der Waals surface area contributed by atoms with Crippen molar-refractivity contribution in [1.29, 1.82) is 0 Å². The highest BCUT2D eigenvalue weighted by Gasteiger charge is 2.33. The molecule has 2 fully saturated rings. The van der Waals surface area contributed by atoms with Crippen molar-refractivity contribution in [3.05, 3.63) is 12.8 Å². The maximum Gasteiger partial charge on any atom is 0.313 e. The summed E-state index contributed by atoms with van der Waals surface area (Å²) in [4.78, 5) is 11.8. The molecule has 0 radical (unpaired) electrons. The highest BCUT2D eigenvalue weighted by molar-refractivity contribution is 5.73. The maximum absolute atomic E-state index is 11.8. The smallest absolute Gasteiger partial charge is 0.313 e. The van der Waals surface area contributed by atoms with Gasteiger partial charge >= 0.3 is 5.97 Å². The molecule has 0 amide bonds. The Morgan fingerprint density at radius 1 is 1.00 bits per heavy atom. The fourth-order valence-corrected chi connectivity index (χ4v) is 4.64. The minimum atomic E-state index is -0.0620. The summed E-state index contributed by atoms with van der Waals surface area (Å²) in [6.07, 6.45) is 17.2. The molecular weight excluding hydrogens is 272 g/mol. The highest BCUT2D eigenvalue weighted by atomic mass is 16.5. The van der Waals surface area contributed by atoms with Crippen LogP contribution in [-0.4, -0.2) is 5.97 Å². The maximum atomic E-state index is 11.8. The van der Waals surface area contributed by atoms with Gasteiger partial charge in [-0.2, -0.15) is 0 Å². The van der Waals surface area contributed by atoms with Crippen LogP contribution in [0, 0.1) is 23.7 Å². The van der Waals surface area contributed by atoms with Gasteiger partial charge in [-0.05, 0) is 56.3 Å². The van der Waals surface area contributed by atoms with E-state index in [9.17, 15) is 4.79 Å². The van der Waals surface area contributed by atoms with Gasteiger partial charge in [-0.25, -0.2) is 0 Å². The Kier molecular flexibility index (Phi) is 7.48. The number of ether oxygens (including phenoxy) is 1. The lowest BCUT2D eigenvalue weighted by atomic mass is 9.68. The van der Waals surface area contributed by atoms with Crippen molar-refractivity contribution < 1.29 is 9.53 Å². The molecule has 2 rings (SSSR count). The normalized spacial score (nSPS) is 32.4. The molecule has 2 aliphatic carbocycles. The van der Waals surface area contributed by atoms with Crippen molar-refractivity contribution in [1.82, 2.24) is 0 Å². The average molecular weight is 306 g/mol. The Hall–Kier alpha value is -0.790. The van der Waals surface area contributed by atoms with Crippen molar-refractivity contribution in [2.75, 3.05) is 0 Å². The van der Waals surface area contributed by atoms with Crippen LogP contribution in [0.2, 0.25) is 0 Å². The summed E-state index contributed by atoms with van der Waals surface area (Å²) in [6.45, 7) is 5.76. The molecule has 0 bridgehead atoms. The third-order valence-corrected chi connectivity index (χ3v) is 6.08. The summed E-state index contributed by atoms with van der Waals surface area (Å²) in [5, 5.41) is 0. The van der Waals surface area contributed by atoms with Gasteiger partial charge in [0.1, 0.15) is 0 Å². The Morgan fingerprint density at radius 3 is 2.14 bits per heavy atom. The van der Waals surface area contributed by atoms with Crippen molar-refractivity contribution in [2.45, 2.75) is 84.0 Å². The van der Waals surface area contributed by atoms with Gasteiger partial charge in [-0.1, -0.05) is 52.0 Å². The second-order valence-electron chi connectivity index (χ2n) is 7.49. The molecule has 2 nitrogen and oxygen atoms in total. The van der Waals surface area contributed by atoms with Gasteiger partial charge in [-0.3, -0.25) is 4.79 Å². The molecule has 2 aliphatic rings. The molecule has 0 aromatic heterocycles. The van der Waals surface area contributed by atoms with Crippen LogP contribution in [0.25, 0.3) is 0 Å². The van der Waals surface area contributed by atoms with Gasteiger partial charge in [0.2, 0.25) is 0 Å². The summed E-state index contributed by atoms with van der Waals surface area (Å²) in [5.41, 5.74) is 0. The number of unbranched alkanes of at least 4 members (excludes halogenated alkanes) is 2. The van der Waals surface area contributed by atoms with Gasteiger partial charge in [-0.15, -0.1) is 0 Å². The van der Waals surface area contributed by atoms with Crippen LogP contribution in [-0.2, 0) is 9.53 Å². The van der Waals surface area contributed by atoms with Crippen molar-refractivity contribution in [3.8, 4) is 0 Å². The van der Waals surface area contributed by atoms with Gasteiger partial charge in [0, 0.05) is 0 Å². The molecule has 0 aromatic rings. The molecule has 0 aromatic carbocycles. The number of rotatable bonds is 7. The molecule has 0 aliphatic heterocycles. The molecule has 2 heteroatoms. The number of carbonyl (C=O) groups is 1. The molecule has 0 unspecified atom stereocenters. The molecular formula is C20H34O2. The third kappa shape index (κ3) is 5.14. The summed E-state index contributed by atoms with van der Waals surface area (Å²) < 4.78 is 4.95. The van der Waals surface area contributed by atoms with Crippen LogP contribution in [0.1, 0.15) is 84.0 Å². The zero-order valence-corrected chi connectivity index (χ0v) is 14.4. The van der Waals surface area contributed by atoms with Crippen molar-refractivity contribution in [2.24, 2.45) is 23.7 Å². The Balaban J connectivity index is 1.66. The van der Waals surface area contributed by atoms with Gasteiger partial charge in [0.05, 0.1) is 12.2 Å². The van der Waals surface area contributed by atoms with Crippen LogP contribution in [0.3, 0.4) is 0 Å². The van der Waals surface area contributed by atoms with E-state index in [0.717, 1.165) is 30.6 Å². The Labute approximate surface area is 136 Å². The predicted molar refractivity (Wildman–Crippen MR) is 91.3 cm³/mol. The van der Waals surface area contributed by atoms with Crippen LogP contribution < -0.4 is 0 Å².